The van der Waals surface area contributed by atoms with E-state index in [0.29, 0.717) is 34.0 Å². The molecule has 0 saturated carbocycles. The molecule has 8 heteroatoms. The highest BCUT2D eigenvalue weighted by Crippen LogP contribution is 2.34. The number of nitrogens with zero attached hydrogens (tertiary/aromatic N) is 4. The van der Waals surface area contributed by atoms with Crippen molar-refractivity contribution >= 4 is 33.5 Å². The summed E-state index contributed by atoms with van der Waals surface area (Å²) in [6.45, 7) is 5.18. The smallest absolute Gasteiger partial charge is 0.291 e. The number of amides is 1. The van der Waals surface area contributed by atoms with Gasteiger partial charge in [0.15, 0.2) is 5.82 Å². The second kappa shape index (κ2) is 7.63. The van der Waals surface area contributed by atoms with E-state index in [0.717, 1.165) is 29.0 Å². The van der Waals surface area contributed by atoms with Crippen molar-refractivity contribution < 1.29 is 9.53 Å². The van der Waals surface area contributed by atoms with Gasteiger partial charge in [-0.25, -0.2) is 0 Å². The lowest BCUT2D eigenvalue weighted by Gasteiger charge is -2.13. The molecule has 2 aromatic carbocycles. The van der Waals surface area contributed by atoms with Gasteiger partial charge in [-0.3, -0.25) is 9.59 Å². The summed E-state index contributed by atoms with van der Waals surface area (Å²) in [6.07, 6.45) is 0.942. The first-order chi connectivity index (χ1) is 15.1. The number of para-hydroxylation sites is 1. The van der Waals surface area contributed by atoms with Crippen LogP contribution >= 0.6 is 11.3 Å². The molecule has 2 aromatic heterocycles. The van der Waals surface area contributed by atoms with Crippen LogP contribution in [0.3, 0.4) is 0 Å². The van der Waals surface area contributed by atoms with Crippen molar-refractivity contribution in [3.8, 4) is 17.1 Å². The molecule has 1 amide bonds. The van der Waals surface area contributed by atoms with Crippen LogP contribution in [-0.2, 0) is 4.79 Å². The van der Waals surface area contributed by atoms with Crippen molar-refractivity contribution in [3.05, 3.63) is 69.0 Å². The molecule has 0 unspecified atom stereocenters. The number of hydrogen-bond acceptors (Lipinski definition) is 6. The van der Waals surface area contributed by atoms with Crippen molar-refractivity contribution in [3.63, 3.8) is 0 Å². The molecule has 0 bridgehead atoms. The first-order valence-electron chi connectivity index (χ1n) is 10.2. The molecule has 0 aliphatic carbocycles. The van der Waals surface area contributed by atoms with Crippen LogP contribution in [0.2, 0.25) is 0 Å². The second-order valence-corrected chi connectivity index (χ2v) is 8.16. The Bertz CT molecular complexity index is 1410. The van der Waals surface area contributed by atoms with Crippen LogP contribution in [0.4, 0.5) is 5.69 Å². The van der Waals surface area contributed by atoms with Gasteiger partial charge in [0.05, 0.1) is 17.9 Å². The van der Waals surface area contributed by atoms with Crippen LogP contribution in [0.15, 0.2) is 53.3 Å². The third-order valence-electron chi connectivity index (χ3n) is 5.21. The maximum Gasteiger partial charge on any atom is 0.291 e. The Morgan fingerprint density at radius 1 is 1.03 bits per heavy atom. The fourth-order valence-electron chi connectivity index (χ4n) is 3.74. The van der Waals surface area contributed by atoms with E-state index in [1.807, 2.05) is 55.5 Å². The van der Waals surface area contributed by atoms with Crippen LogP contribution in [0.25, 0.3) is 21.9 Å². The lowest BCUT2D eigenvalue weighted by atomic mass is 10.1. The summed E-state index contributed by atoms with van der Waals surface area (Å²) in [7, 11) is 0. The van der Waals surface area contributed by atoms with E-state index in [-0.39, 0.29) is 11.5 Å². The number of aromatic nitrogens is 3. The summed E-state index contributed by atoms with van der Waals surface area (Å²) in [5, 5.41) is 4.41. The number of rotatable bonds is 5. The number of carbonyl (C=O) groups is 1. The molecule has 0 radical (unpaired) electrons. The summed E-state index contributed by atoms with van der Waals surface area (Å²) in [5.74, 6) is 1.09. The Morgan fingerprint density at radius 2 is 1.81 bits per heavy atom. The molecule has 31 heavy (non-hydrogen) atoms. The largest absolute Gasteiger partial charge is 0.494 e. The molecule has 0 atom stereocenters. The van der Waals surface area contributed by atoms with Crippen LogP contribution < -0.4 is 19.7 Å². The molecule has 1 aliphatic rings. The first kappa shape index (κ1) is 19.4. The van der Waals surface area contributed by atoms with Crippen molar-refractivity contribution in [2.75, 3.05) is 18.1 Å². The molecular weight excluding hydrogens is 412 g/mol. The van der Waals surface area contributed by atoms with E-state index in [4.69, 9.17) is 4.74 Å². The lowest BCUT2D eigenvalue weighted by molar-refractivity contribution is -0.113. The fraction of sp³-hybridized carbons (Fsp3) is 0.217. The average Bonchev–Trinajstić information content (AvgIpc) is 3.42. The van der Waals surface area contributed by atoms with Gasteiger partial charge in [0.25, 0.3) is 11.5 Å². The summed E-state index contributed by atoms with van der Waals surface area (Å²) < 4.78 is 7.27. The Balaban J connectivity index is 1.60. The zero-order valence-electron chi connectivity index (χ0n) is 17.2. The molecule has 3 heterocycles. The van der Waals surface area contributed by atoms with Crippen molar-refractivity contribution in [2.24, 2.45) is 0 Å². The van der Waals surface area contributed by atoms with Crippen molar-refractivity contribution in [2.45, 2.75) is 20.3 Å². The zero-order valence-corrected chi connectivity index (χ0v) is 18.0. The number of fused-ring (bicyclic) bond motifs is 2. The third-order valence-corrected chi connectivity index (χ3v) is 6.24. The Hall–Kier alpha value is -3.52. The van der Waals surface area contributed by atoms with Crippen LogP contribution in [0.1, 0.15) is 25.8 Å². The molecule has 0 N–H and O–H groups in total. The minimum atomic E-state index is -0.322. The van der Waals surface area contributed by atoms with Crippen LogP contribution in [0, 0.1) is 0 Å². The molecule has 0 saturated heterocycles. The minimum Gasteiger partial charge on any atom is -0.494 e. The van der Waals surface area contributed by atoms with E-state index in [1.54, 1.807) is 4.90 Å². The maximum atomic E-state index is 13.1. The number of carbonyl (C=O) groups excluding carboxylic acids is 1. The molecule has 4 aromatic rings. The van der Waals surface area contributed by atoms with Gasteiger partial charge in [-0.1, -0.05) is 36.5 Å². The quantitative estimate of drug-likeness (QED) is 0.485. The van der Waals surface area contributed by atoms with E-state index in [1.165, 1.54) is 15.9 Å². The number of likely N-dealkylation sites (N-methyl/N-ethyl adjacent to an activating group) is 1. The number of anilines is 1. The predicted molar refractivity (Wildman–Crippen MR) is 121 cm³/mol. The van der Waals surface area contributed by atoms with Gasteiger partial charge in [0.2, 0.25) is 4.96 Å². The molecule has 5 rings (SSSR count). The first-order valence-corrected chi connectivity index (χ1v) is 11.0. The minimum absolute atomic E-state index is 0.159. The topological polar surface area (TPSA) is 76.8 Å². The highest BCUT2D eigenvalue weighted by atomic mass is 32.1. The fourth-order valence-corrected chi connectivity index (χ4v) is 4.74. The average molecular weight is 433 g/mol. The highest BCUT2D eigenvalue weighted by Gasteiger charge is 2.33. The molecule has 0 spiro atoms. The number of benzene rings is 2. The van der Waals surface area contributed by atoms with E-state index in [2.05, 4.69) is 17.0 Å². The summed E-state index contributed by atoms with van der Waals surface area (Å²) in [5.41, 5.74) is 2.51. The number of ether oxygens (including phenoxy) is 1. The summed E-state index contributed by atoms with van der Waals surface area (Å²) in [6, 6.07) is 15.0. The Morgan fingerprint density at radius 3 is 2.52 bits per heavy atom. The van der Waals surface area contributed by atoms with Crippen molar-refractivity contribution in [1.29, 1.82) is 0 Å². The predicted octanol–water partition coefficient (Wildman–Crippen LogP) is 2.89. The summed E-state index contributed by atoms with van der Waals surface area (Å²) in [4.78, 5) is 32.9. The standard InChI is InChI=1S/C23H20N4O3S/c1-3-13-30-15-11-9-14(10-12-15)20-24-23-27(25-20)22(29)19(31-23)18-16-7-5-6-8-17(16)26(4-2)21(18)28/h5-12H,3-4,13H2,1-2H3/b19-18+. The molecule has 1 aliphatic heterocycles. The number of thiazole rings is 1. The zero-order chi connectivity index (χ0) is 21.5. The van der Waals surface area contributed by atoms with Gasteiger partial charge < -0.3 is 9.64 Å². The van der Waals surface area contributed by atoms with E-state index in [9.17, 15) is 9.59 Å². The number of hydrogen-bond donors (Lipinski definition) is 0. The maximum absolute atomic E-state index is 13.1. The van der Waals surface area contributed by atoms with Gasteiger partial charge in [-0.15, -0.1) is 5.10 Å². The van der Waals surface area contributed by atoms with E-state index >= 15 is 0 Å². The van der Waals surface area contributed by atoms with Gasteiger partial charge in [0, 0.05) is 17.7 Å². The summed E-state index contributed by atoms with van der Waals surface area (Å²) >= 11 is 1.20. The second-order valence-electron chi connectivity index (χ2n) is 7.18. The monoisotopic (exact) mass is 432 g/mol. The SMILES string of the molecule is CCCOc1ccc(-c2nc3s/c(=C4/C(=O)N(CC)c5ccccc54)c(=O)n3n2)cc1. The third kappa shape index (κ3) is 3.11. The normalized spacial score (nSPS) is 15.0. The van der Waals surface area contributed by atoms with Crippen molar-refractivity contribution in [1.82, 2.24) is 14.6 Å². The molecule has 0 fully saturated rings. The Labute approximate surface area is 182 Å². The van der Waals surface area contributed by atoms with Gasteiger partial charge in [0.1, 0.15) is 10.3 Å². The van der Waals surface area contributed by atoms with Gasteiger partial charge in [-0.2, -0.15) is 9.50 Å². The molecular formula is C23H20N4O3S. The highest BCUT2D eigenvalue weighted by molar-refractivity contribution is 7.15. The van der Waals surface area contributed by atoms with Crippen LogP contribution in [0.5, 0.6) is 5.75 Å². The molecule has 156 valence electrons. The lowest BCUT2D eigenvalue weighted by Crippen LogP contribution is -2.32. The Kier molecular flexibility index (Phi) is 4.78. The molecule has 7 nitrogen and oxygen atoms in total. The van der Waals surface area contributed by atoms with Gasteiger partial charge >= 0.3 is 0 Å². The van der Waals surface area contributed by atoms with Gasteiger partial charge in [-0.05, 0) is 43.7 Å². The van der Waals surface area contributed by atoms with Crippen LogP contribution in [-0.4, -0.2) is 33.7 Å². The van der Waals surface area contributed by atoms with E-state index < -0.39 is 0 Å².